The number of carboxylic acid groups (broad SMARTS) is 1. The molecule has 1 fully saturated rings. The molecule has 0 aliphatic carbocycles. The summed E-state index contributed by atoms with van der Waals surface area (Å²) in [6, 6.07) is 6.63. The lowest BCUT2D eigenvalue weighted by molar-refractivity contribution is -0.139. The molecule has 1 aromatic carbocycles. The molecule has 1 heterocycles. The second-order valence-corrected chi connectivity index (χ2v) is 3.70. The maximum absolute atomic E-state index is 12.9. The minimum Gasteiger partial charge on any atom is -0.480 e. The van der Waals surface area contributed by atoms with Crippen molar-refractivity contribution in [1.29, 1.82) is 0 Å². The normalized spacial score (nSPS) is 25.4. The maximum Gasteiger partial charge on any atom is 0.320 e. The quantitative estimate of drug-likeness (QED) is 0.766. The zero-order valence-corrected chi connectivity index (χ0v) is 8.03. The lowest BCUT2D eigenvalue weighted by Crippen LogP contribution is -2.29. The van der Waals surface area contributed by atoms with E-state index in [1.54, 1.807) is 6.07 Å². The van der Waals surface area contributed by atoms with Crippen molar-refractivity contribution in [2.24, 2.45) is 0 Å². The third kappa shape index (κ3) is 2.15. The molecule has 0 spiro atoms. The molecule has 1 aliphatic rings. The van der Waals surface area contributed by atoms with Crippen LogP contribution in [0.5, 0.6) is 0 Å². The third-order valence-electron chi connectivity index (χ3n) is 2.69. The summed E-state index contributed by atoms with van der Waals surface area (Å²) in [5, 5.41) is 11.7. The van der Waals surface area contributed by atoms with Crippen LogP contribution in [0.15, 0.2) is 18.2 Å². The van der Waals surface area contributed by atoms with E-state index in [1.807, 2.05) is 0 Å². The molecule has 4 heteroatoms. The lowest BCUT2D eigenvalue weighted by Gasteiger charge is -2.08. The third-order valence-corrected chi connectivity index (χ3v) is 2.69. The molecule has 2 N–H and O–H groups in total. The number of carbonyl (C=O) groups is 1. The van der Waals surface area contributed by atoms with Crippen molar-refractivity contribution in [2.75, 3.05) is 6.54 Å². The minimum absolute atomic E-state index is 0.0789. The summed E-state index contributed by atoms with van der Waals surface area (Å²) in [5.41, 5.74) is 0.836. The summed E-state index contributed by atoms with van der Waals surface area (Å²) in [7, 11) is 0. The zero-order valence-electron chi connectivity index (χ0n) is 8.03. The fourth-order valence-electron chi connectivity index (χ4n) is 1.89. The van der Waals surface area contributed by atoms with Gasteiger partial charge in [0.25, 0.3) is 0 Å². The molecule has 1 radical (unpaired) electrons. The molecule has 15 heavy (non-hydrogen) atoms. The van der Waals surface area contributed by atoms with Crippen molar-refractivity contribution < 1.29 is 14.3 Å². The number of rotatable bonds is 2. The summed E-state index contributed by atoms with van der Waals surface area (Å²) in [4.78, 5) is 10.7. The molecule has 1 saturated heterocycles. The van der Waals surface area contributed by atoms with Crippen LogP contribution in [0.2, 0.25) is 0 Å². The summed E-state index contributed by atoms with van der Waals surface area (Å²) in [6.07, 6.45) is 0.513. The Hall–Kier alpha value is -1.42. The van der Waals surface area contributed by atoms with Gasteiger partial charge in [0.05, 0.1) is 0 Å². The van der Waals surface area contributed by atoms with Gasteiger partial charge in [0.15, 0.2) is 0 Å². The van der Waals surface area contributed by atoms with Gasteiger partial charge in [0.2, 0.25) is 0 Å². The van der Waals surface area contributed by atoms with E-state index in [4.69, 9.17) is 5.11 Å². The first-order valence-electron chi connectivity index (χ1n) is 4.80. The first-order chi connectivity index (χ1) is 7.16. The monoisotopic (exact) mass is 208 g/mol. The SMILES string of the molecule is O=C(O)[C@H]1C[C@H](c2cc[c]c(F)c2)CN1. The number of aliphatic carboxylic acids is 1. The predicted octanol–water partition coefficient (Wildman–Crippen LogP) is 1.16. The molecule has 0 aromatic heterocycles. The largest absolute Gasteiger partial charge is 0.480 e. The second-order valence-electron chi connectivity index (χ2n) is 3.70. The summed E-state index contributed by atoms with van der Waals surface area (Å²) >= 11 is 0. The van der Waals surface area contributed by atoms with Crippen LogP contribution in [-0.4, -0.2) is 23.7 Å². The highest BCUT2D eigenvalue weighted by Gasteiger charge is 2.29. The van der Waals surface area contributed by atoms with Crippen LogP contribution in [0, 0.1) is 11.9 Å². The van der Waals surface area contributed by atoms with Crippen molar-refractivity contribution >= 4 is 5.97 Å². The van der Waals surface area contributed by atoms with Crippen LogP contribution >= 0.6 is 0 Å². The maximum atomic E-state index is 12.9. The van der Waals surface area contributed by atoms with Crippen molar-refractivity contribution in [3.63, 3.8) is 0 Å². The Kier molecular flexibility index (Phi) is 2.68. The first kappa shape index (κ1) is 10.1. The molecule has 1 aromatic rings. The molecule has 0 unspecified atom stereocenters. The molecular formula is C11H11FNO2. The van der Waals surface area contributed by atoms with E-state index in [1.165, 1.54) is 12.1 Å². The van der Waals surface area contributed by atoms with Gasteiger partial charge >= 0.3 is 5.97 Å². The van der Waals surface area contributed by atoms with Crippen molar-refractivity contribution in [1.82, 2.24) is 5.32 Å². The Bertz CT molecular complexity index is 381. The number of hydrogen-bond donors (Lipinski definition) is 2. The van der Waals surface area contributed by atoms with E-state index in [-0.39, 0.29) is 5.92 Å². The van der Waals surface area contributed by atoms with Gasteiger partial charge in [-0.25, -0.2) is 4.39 Å². The van der Waals surface area contributed by atoms with E-state index in [0.29, 0.717) is 13.0 Å². The molecule has 0 saturated carbocycles. The van der Waals surface area contributed by atoms with E-state index in [0.717, 1.165) is 5.56 Å². The van der Waals surface area contributed by atoms with Crippen LogP contribution < -0.4 is 5.32 Å². The summed E-state index contributed by atoms with van der Waals surface area (Å²) in [6.45, 7) is 0.584. The fourth-order valence-corrected chi connectivity index (χ4v) is 1.89. The van der Waals surface area contributed by atoms with E-state index >= 15 is 0 Å². The molecule has 1 aliphatic heterocycles. The van der Waals surface area contributed by atoms with Crippen LogP contribution in [0.4, 0.5) is 4.39 Å². The molecule has 0 bridgehead atoms. The van der Waals surface area contributed by atoms with E-state index < -0.39 is 17.8 Å². The van der Waals surface area contributed by atoms with E-state index in [2.05, 4.69) is 11.4 Å². The molecular weight excluding hydrogens is 197 g/mol. The van der Waals surface area contributed by atoms with Gasteiger partial charge in [0, 0.05) is 12.6 Å². The number of carboxylic acids is 1. The Labute approximate surface area is 86.9 Å². The fraction of sp³-hybridized carbons (Fsp3) is 0.364. The Balaban J connectivity index is 2.11. The predicted molar refractivity (Wildman–Crippen MR) is 52.0 cm³/mol. The minimum atomic E-state index is -0.847. The van der Waals surface area contributed by atoms with Gasteiger partial charge in [-0.05, 0) is 24.0 Å². The van der Waals surface area contributed by atoms with Gasteiger partial charge in [-0.15, -0.1) is 0 Å². The highest BCUT2D eigenvalue weighted by Crippen LogP contribution is 2.25. The Morgan fingerprint density at radius 1 is 1.67 bits per heavy atom. The van der Waals surface area contributed by atoms with Gasteiger partial charge in [0.1, 0.15) is 11.9 Å². The average molecular weight is 208 g/mol. The zero-order chi connectivity index (χ0) is 10.8. The van der Waals surface area contributed by atoms with Crippen LogP contribution in [-0.2, 0) is 4.79 Å². The standard InChI is InChI=1S/C11H11FNO2/c12-9-3-1-2-7(4-9)8-5-10(11(14)15)13-6-8/h1-2,4,8,10,13H,5-6H2,(H,14,15)/t8-,10+/m0/s1. The molecule has 3 nitrogen and oxygen atoms in total. The number of hydrogen-bond acceptors (Lipinski definition) is 2. The highest BCUT2D eigenvalue weighted by molar-refractivity contribution is 5.74. The molecule has 2 atom stereocenters. The van der Waals surface area contributed by atoms with Gasteiger partial charge < -0.3 is 10.4 Å². The highest BCUT2D eigenvalue weighted by atomic mass is 19.1. The molecule has 0 amide bonds. The van der Waals surface area contributed by atoms with E-state index in [9.17, 15) is 9.18 Å². The van der Waals surface area contributed by atoms with Crippen LogP contribution in [0.3, 0.4) is 0 Å². The van der Waals surface area contributed by atoms with Gasteiger partial charge in [-0.1, -0.05) is 12.1 Å². The Morgan fingerprint density at radius 2 is 2.47 bits per heavy atom. The van der Waals surface area contributed by atoms with Crippen LogP contribution in [0.1, 0.15) is 17.9 Å². The van der Waals surface area contributed by atoms with Crippen LogP contribution in [0.25, 0.3) is 0 Å². The van der Waals surface area contributed by atoms with Crippen molar-refractivity contribution in [3.05, 3.63) is 35.6 Å². The number of nitrogens with one attached hydrogen (secondary N) is 1. The second kappa shape index (κ2) is 3.98. The number of benzene rings is 1. The lowest BCUT2D eigenvalue weighted by atomic mass is 9.96. The molecule has 79 valence electrons. The van der Waals surface area contributed by atoms with Crippen molar-refractivity contribution in [2.45, 2.75) is 18.4 Å². The van der Waals surface area contributed by atoms with Gasteiger partial charge in [-0.2, -0.15) is 0 Å². The topological polar surface area (TPSA) is 49.3 Å². The summed E-state index contributed by atoms with van der Waals surface area (Å²) < 4.78 is 12.9. The molecule has 2 rings (SSSR count). The summed E-state index contributed by atoms with van der Waals surface area (Å²) in [5.74, 6) is -1.16. The van der Waals surface area contributed by atoms with Gasteiger partial charge in [-0.3, -0.25) is 4.79 Å². The smallest absolute Gasteiger partial charge is 0.320 e. The van der Waals surface area contributed by atoms with Crippen molar-refractivity contribution in [3.8, 4) is 0 Å². The number of halogens is 1. The first-order valence-corrected chi connectivity index (χ1v) is 4.80. The Morgan fingerprint density at radius 3 is 3.07 bits per heavy atom. The average Bonchev–Trinajstić information content (AvgIpc) is 2.66.